The number of nitriles is 1. The summed E-state index contributed by atoms with van der Waals surface area (Å²) in [6, 6.07) is 7.01. The molecular formula is C22H32N4O5. The predicted molar refractivity (Wildman–Crippen MR) is 115 cm³/mol. The molecule has 0 saturated carbocycles. The lowest BCUT2D eigenvalue weighted by atomic mass is 10.2. The Morgan fingerprint density at radius 1 is 1.16 bits per heavy atom. The van der Waals surface area contributed by atoms with Gasteiger partial charge in [0.2, 0.25) is 5.91 Å². The molecule has 1 aliphatic rings. The number of nitrogens with zero attached hydrogens (tertiary/aromatic N) is 3. The summed E-state index contributed by atoms with van der Waals surface area (Å²) in [6.07, 6.45) is 0.249. The molecule has 2 amide bonds. The third-order valence-corrected chi connectivity index (χ3v) is 4.84. The Balaban J connectivity index is 1.93. The average molecular weight is 433 g/mol. The number of hydrogen-bond acceptors (Lipinski definition) is 7. The molecule has 0 aromatic heterocycles. The third kappa shape index (κ3) is 8.07. The zero-order valence-electron chi connectivity index (χ0n) is 18.4. The normalized spacial score (nSPS) is 13.8. The van der Waals surface area contributed by atoms with Gasteiger partial charge in [-0.2, -0.15) is 5.26 Å². The van der Waals surface area contributed by atoms with Gasteiger partial charge in [0, 0.05) is 38.3 Å². The first-order valence-corrected chi connectivity index (χ1v) is 10.7. The first-order chi connectivity index (χ1) is 15.1. The van der Waals surface area contributed by atoms with E-state index in [0.29, 0.717) is 63.1 Å². The number of ether oxygens (including phenoxy) is 3. The minimum atomic E-state index is -0.370. The summed E-state index contributed by atoms with van der Waals surface area (Å²) in [5.74, 6) is 0.478. The smallest absolute Gasteiger partial charge is 0.251 e. The molecule has 1 N–H and O–H groups in total. The zero-order chi connectivity index (χ0) is 22.5. The minimum absolute atomic E-state index is 0.134. The Morgan fingerprint density at radius 3 is 2.55 bits per heavy atom. The molecule has 1 saturated heterocycles. The Bertz CT molecular complexity index is 759. The van der Waals surface area contributed by atoms with Crippen LogP contribution in [0.15, 0.2) is 18.2 Å². The van der Waals surface area contributed by atoms with Crippen LogP contribution in [0.4, 0.5) is 0 Å². The number of benzene rings is 1. The fourth-order valence-electron chi connectivity index (χ4n) is 3.20. The fraction of sp³-hybridized carbons (Fsp3) is 0.591. The summed E-state index contributed by atoms with van der Waals surface area (Å²) >= 11 is 0. The Labute approximate surface area is 183 Å². The number of carbonyl (C=O) groups excluding carboxylic acids is 2. The monoisotopic (exact) mass is 432 g/mol. The van der Waals surface area contributed by atoms with E-state index < -0.39 is 0 Å². The summed E-state index contributed by atoms with van der Waals surface area (Å²) in [6.45, 7) is 9.13. The number of rotatable bonds is 12. The average Bonchev–Trinajstić information content (AvgIpc) is 2.79. The largest absolute Gasteiger partial charge is 0.490 e. The minimum Gasteiger partial charge on any atom is -0.490 e. The van der Waals surface area contributed by atoms with Gasteiger partial charge in [-0.25, -0.2) is 0 Å². The molecule has 1 aliphatic heterocycles. The van der Waals surface area contributed by atoms with Crippen molar-refractivity contribution in [3.8, 4) is 17.6 Å². The molecule has 9 nitrogen and oxygen atoms in total. The number of nitrogens with one attached hydrogen (secondary N) is 1. The predicted octanol–water partition coefficient (Wildman–Crippen LogP) is 1.29. The SMILES string of the molecule is CCOc1ccc(C(=O)NCC(=O)N(CCC#N)CCN2CCOCC2)cc1OCC. The molecule has 0 aliphatic carbocycles. The highest BCUT2D eigenvalue weighted by molar-refractivity contribution is 5.97. The molecular weight excluding hydrogens is 400 g/mol. The first-order valence-electron chi connectivity index (χ1n) is 10.7. The van der Waals surface area contributed by atoms with Crippen LogP contribution in [-0.2, 0) is 9.53 Å². The van der Waals surface area contributed by atoms with Gasteiger partial charge in [0.05, 0.1) is 45.5 Å². The highest BCUT2D eigenvalue weighted by Crippen LogP contribution is 2.28. The van der Waals surface area contributed by atoms with Crippen LogP contribution in [0.2, 0.25) is 0 Å². The first kappa shape index (κ1) is 24.4. The number of hydrogen-bond donors (Lipinski definition) is 1. The molecule has 2 rings (SSSR count). The summed E-state index contributed by atoms with van der Waals surface area (Å²) in [5, 5.41) is 11.6. The van der Waals surface area contributed by atoms with E-state index in [0.717, 1.165) is 13.1 Å². The molecule has 170 valence electrons. The van der Waals surface area contributed by atoms with E-state index in [9.17, 15) is 9.59 Å². The lowest BCUT2D eigenvalue weighted by Gasteiger charge is -2.30. The van der Waals surface area contributed by atoms with Crippen molar-refractivity contribution in [2.24, 2.45) is 0 Å². The molecule has 0 radical (unpaired) electrons. The molecule has 1 aromatic rings. The second kappa shape index (κ2) is 13.5. The molecule has 1 aromatic carbocycles. The van der Waals surface area contributed by atoms with Gasteiger partial charge in [0.15, 0.2) is 11.5 Å². The van der Waals surface area contributed by atoms with Gasteiger partial charge in [-0.15, -0.1) is 0 Å². The van der Waals surface area contributed by atoms with Crippen LogP contribution in [-0.4, -0.2) is 87.3 Å². The molecule has 0 spiro atoms. The lowest BCUT2D eigenvalue weighted by molar-refractivity contribution is -0.130. The summed E-state index contributed by atoms with van der Waals surface area (Å²) in [4.78, 5) is 29.1. The van der Waals surface area contributed by atoms with Crippen molar-refractivity contribution < 1.29 is 23.8 Å². The summed E-state index contributed by atoms with van der Waals surface area (Å²) < 4.78 is 16.4. The van der Waals surface area contributed by atoms with Crippen molar-refractivity contribution in [1.29, 1.82) is 5.26 Å². The number of carbonyl (C=O) groups is 2. The van der Waals surface area contributed by atoms with E-state index in [1.165, 1.54) is 0 Å². The van der Waals surface area contributed by atoms with Crippen LogP contribution in [0.1, 0.15) is 30.6 Å². The standard InChI is InChI=1S/C22H32N4O5/c1-3-30-19-7-6-18(16-20(19)31-4-2)22(28)24-17-21(27)26(9-5-8-23)11-10-25-12-14-29-15-13-25/h6-7,16H,3-5,9-15,17H2,1-2H3,(H,24,28). The van der Waals surface area contributed by atoms with Gasteiger partial charge in [-0.3, -0.25) is 14.5 Å². The van der Waals surface area contributed by atoms with E-state index in [1.807, 2.05) is 13.8 Å². The van der Waals surface area contributed by atoms with E-state index in [2.05, 4.69) is 16.3 Å². The van der Waals surface area contributed by atoms with Crippen LogP contribution in [0, 0.1) is 11.3 Å². The molecule has 0 bridgehead atoms. The Morgan fingerprint density at radius 2 is 1.87 bits per heavy atom. The molecule has 31 heavy (non-hydrogen) atoms. The van der Waals surface area contributed by atoms with Crippen molar-refractivity contribution >= 4 is 11.8 Å². The topological polar surface area (TPSA) is 104 Å². The quantitative estimate of drug-likeness (QED) is 0.531. The van der Waals surface area contributed by atoms with Gasteiger partial charge >= 0.3 is 0 Å². The van der Waals surface area contributed by atoms with Crippen molar-refractivity contribution in [3.63, 3.8) is 0 Å². The maximum atomic E-state index is 12.7. The summed E-state index contributed by atoms with van der Waals surface area (Å²) in [7, 11) is 0. The van der Waals surface area contributed by atoms with Crippen LogP contribution in [0.3, 0.4) is 0 Å². The highest BCUT2D eigenvalue weighted by Gasteiger charge is 2.18. The van der Waals surface area contributed by atoms with Crippen LogP contribution >= 0.6 is 0 Å². The Kier molecular flexibility index (Phi) is 10.6. The van der Waals surface area contributed by atoms with Crippen molar-refractivity contribution in [1.82, 2.24) is 15.1 Å². The van der Waals surface area contributed by atoms with Gasteiger partial charge in [-0.1, -0.05) is 0 Å². The maximum absolute atomic E-state index is 12.7. The zero-order valence-corrected chi connectivity index (χ0v) is 18.4. The molecule has 9 heteroatoms. The van der Waals surface area contributed by atoms with E-state index in [1.54, 1.807) is 23.1 Å². The summed E-state index contributed by atoms with van der Waals surface area (Å²) in [5.41, 5.74) is 0.386. The second-order valence-corrected chi connectivity index (χ2v) is 6.95. The third-order valence-electron chi connectivity index (χ3n) is 4.84. The van der Waals surface area contributed by atoms with Crippen molar-refractivity contribution in [2.75, 3.05) is 65.7 Å². The maximum Gasteiger partial charge on any atom is 0.251 e. The molecule has 1 heterocycles. The second-order valence-electron chi connectivity index (χ2n) is 6.95. The van der Waals surface area contributed by atoms with E-state index >= 15 is 0 Å². The Hall–Kier alpha value is -2.83. The van der Waals surface area contributed by atoms with Crippen LogP contribution in [0.25, 0.3) is 0 Å². The van der Waals surface area contributed by atoms with Crippen LogP contribution in [0.5, 0.6) is 11.5 Å². The van der Waals surface area contributed by atoms with Crippen molar-refractivity contribution in [2.45, 2.75) is 20.3 Å². The molecule has 0 unspecified atom stereocenters. The van der Waals surface area contributed by atoms with E-state index in [-0.39, 0.29) is 24.8 Å². The number of morpholine rings is 1. The molecule has 1 fully saturated rings. The lowest BCUT2D eigenvalue weighted by Crippen LogP contribution is -2.46. The van der Waals surface area contributed by atoms with Gasteiger partial charge in [0.1, 0.15) is 0 Å². The van der Waals surface area contributed by atoms with Gasteiger partial charge in [0.25, 0.3) is 5.91 Å². The highest BCUT2D eigenvalue weighted by atomic mass is 16.5. The molecule has 0 atom stereocenters. The fourth-order valence-corrected chi connectivity index (χ4v) is 3.20. The number of amides is 2. The van der Waals surface area contributed by atoms with Crippen LogP contribution < -0.4 is 14.8 Å². The van der Waals surface area contributed by atoms with Gasteiger partial charge < -0.3 is 24.4 Å². The van der Waals surface area contributed by atoms with Crippen molar-refractivity contribution in [3.05, 3.63) is 23.8 Å². The van der Waals surface area contributed by atoms with Gasteiger partial charge in [-0.05, 0) is 32.0 Å². The van der Waals surface area contributed by atoms with E-state index in [4.69, 9.17) is 19.5 Å².